The van der Waals surface area contributed by atoms with Gasteiger partial charge in [-0.25, -0.2) is 9.78 Å². The molecule has 0 bridgehead atoms. The summed E-state index contributed by atoms with van der Waals surface area (Å²) in [6, 6.07) is 12.8. The normalized spacial score (nSPS) is 10.6. The van der Waals surface area contributed by atoms with Gasteiger partial charge in [-0.1, -0.05) is 29.8 Å². The van der Waals surface area contributed by atoms with Crippen molar-refractivity contribution in [2.24, 2.45) is 0 Å². The standard InChI is InChI=1S/C22H22N2O4/c1-13-9-14(2)21(15(3)10-13)24-20(25)12-28-19-11-18(22(26)27-4)23-17-8-6-5-7-16(17)19/h5-11H,12H2,1-4H3,(H,24,25). The number of nitrogens with one attached hydrogen (secondary N) is 1. The van der Waals surface area contributed by atoms with Crippen LogP contribution in [0.3, 0.4) is 0 Å². The summed E-state index contributed by atoms with van der Waals surface area (Å²) in [5.41, 5.74) is 4.63. The third kappa shape index (κ3) is 4.11. The van der Waals surface area contributed by atoms with Crippen molar-refractivity contribution < 1.29 is 19.1 Å². The maximum atomic E-state index is 12.4. The predicted molar refractivity (Wildman–Crippen MR) is 108 cm³/mol. The number of hydrogen-bond donors (Lipinski definition) is 1. The molecule has 0 spiro atoms. The Kier molecular flexibility index (Phi) is 5.59. The van der Waals surface area contributed by atoms with Crippen molar-refractivity contribution in [2.45, 2.75) is 20.8 Å². The molecular formula is C22H22N2O4. The fraction of sp³-hybridized carbons (Fsp3) is 0.227. The Hall–Kier alpha value is -3.41. The Bertz CT molecular complexity index is 1040. The number of para-hydroxylation sites is 1. The second kappa shape index (κ2) is 8.08. The van der Waals surface area contributed by atoms with Crippen molar-refractivity contribution in [2.75, 3.05) is 19.0 Å². The highest BCUT2D eigenvalue weighted by Crippen LogP contribution is 2.26. The Morgan fingerprint density at radius 1 is 1.04 bits per heavy atom. The van der Waals surface area contributed by atoms with Gasteiger partial charge >= 0.3 is 5.97 Å². The van der Waals surface area contributed by atoms with Crippen molar-refractivity contribution in [3.63, 3.8) is 0 Å². The van der Waals surface area contributed by atoms with Gasteiger partial charge in [0.25, 0.3) is 5.91 Å². The number of carbonyl (C=O) groups is 2. The summed E-state index contributed by atoms with van der Waals surface area (Å²) >= 11 is 0. The molecule has 0 fully saturated rings. The third-order valence-corrected chi connectivity index (χ3v) is 4.37. The van der Waals surface area contributed by atoms with Crippen molar-refractivity contribution >= 4 is 28.5 Å². The topological polar surface area (TPSA) is 77.5 Å². The average Bonchev–Trinajstić information content (AvgIpc) is 2.68. The van der Waals surface area contributed by atoms with E-state index in [1.807, 2.05) is 51.1 Å². The SMILES string of the molecule is COC(=O)c1cc(OCC(=O)Nc2c(C)cc(C)cc2C)c2ccccc2n1. The zero-order valence-electron chi connectivity index (χ0n) is 16.3. The van der Waals surface area contributed by atoms with Crippen LogP contribution in [0, 0.1) is 20.8 Å². The van der Waals surface area contributed by atoms with Gasteiger partial charge in [-0.15, -0.1) is 0 Å². The van der Waals surface area contributed by atoms with Crippen LogP contribution in [0.15, 0.2) is 42.5 Å². The lowest BCUT2D eigenvalue weighted by molar-refractivity contribution is -0.118. The van der Waals surface area contributed by atoms with Crippen molar-refractivity contribution in [3.05, 3.63) is 64.8 Å². The molecule has 0 atom stereocenters. The second-order valence-electron chi connectivity index (χ2n) is 6.62. The molecule has 0 aliphatic heterocycles. The number of methoxy groups -OCH3 is 1. The van der Waals surface area contributed by atoms with Crippen LogP contribution >= 0.6 is 0 Å². The molecule has 0 aliphatic rings. The summed E-state index contributed by atoms with van der Waals surface area (Å²) in [4.78, 5) is 28.6. The number of fused-ring (bicyclic) bond motifs is 1. The van der Waals surface area contributed by atoms with Gasteiger partial charge in [0.1, 0.15) is 5.75 Å². The number of hydrogen-bond acceptors (Lipinski definition) is 5. The number of benzene rings is 2. The molecule has 144 valence electrons. The minimum absolute atomic E-state index is 0.127. The summed E-state index contributed by atoms with van der Waals surface area (Å²) < 4.78 is 10.5. The summed E-state index contributed by atoms with van der Waals surface area (Å²) in [6.45, 7) is 5.73. The highest BCUT2D eigenvalue weighted by atomic mass is 16.5. The molecule has 3 aromatic rings. The number of ether oxygens (including phenoxy) is 2. The van der Waals surface area contributed by atoms with Crippen molar-refractivity contribution in [1.29, 1.82) is 0 Å². The van der Waals surface area contributed by atoms with Crippen LogP contribution in [-0.4, -0.2) is 30.6 Å². The number of anilines is 1. The zero-order valence-corrected chi connectivity index (χ0v) is 16.3. The molecule has 28 heavy (non-hydrogen) atoms. The molecule has 0 aliphatic carbocycles. The lowest BCUT2D eigenvalue weighted by atomic mass is 10.1. The first-order chi connectivity index (χ1) is 13.4. The largest absolute Gasteiger partial charge is 0.483 e. The summed E-state index contributed by atoms with van der Waals surface area (Å²) in [7, 11) is 1.29. The smallest absolute Gasteiger partial charge is 0.356 e. The minimum Gasteiger partial charge on any atom is -0.483 e. The molecule has 0 saturated carbocycles. The van der Waals surface area contributed by atoms with Gasteiger partial charge in [-0.05, 0) is 44.0 Å². The highest BCUT2D eigenvalue weighted by molar-refractivity contribution is 5.95. The minimum atomic E-state index is -0.564. The fourth-order valence-corrected chi connectivity index (χ4v) is 3.17. The molecule has 2 aromatic carbocycles. The van der Waals surface area contributed by atoms with Crippen LogP contribution in [-0.2, 0) is 9.53 Å². The maximum absolute atomic E-state index is 12.4. The molecule has 0 radical (unpaired) electrons. The van der Waals surface area contributed by atoms with Gasteiger partial charge in [-0.2, -0.15) is 0 Å². The number of amides is 1. The Morgan fingerprint density at radius 3 is 2.39 bits per heavy atom. The molecule has 1 aromatic heterocycles. The van der Waals surface area contributed by atoms with Gasteiger partial charge in [0.2, 0.25) is 0 Å². The van der Waals surface area contributed by atoms with Gasteiger partial charge in [0, 0.05) is 17.1 Å². The number of rotatable bonds is 5. The molecule has 6 nitrogen and oxygen atoms in total. The van der Waals surface area contributed by atoms with Crippen LogP contribution in [0.1, 0.15) is 27.2 Å². The van der Waals surface area contributed by atoms with Crippen molar-refractivity contribution in [3.8, 4) is 5.75 Å². The summed E-state index contributed by atoms with van der Waals surface area (Å²) in [5.74, 6) is -0.444. The second-order valence-corrected chi connectivity index (χ2v) is 6.62. The van der Waals surface area contributed by atoms with E-state index >= 15 is 0 Å². The number of nitrogens with zero attached hydrogens (tertiary/aromatic N) is 1. The molecular weight excluding hydrogens is 356 g/mol. The number of esters is 1. The van der Waals surface area contributed by atoms with Crippen LogP contribution in [0.5, 0.6) is 5.75 Å². The van der Waals surface area contributed by atoms with Crippen LogP contribution < -0.4 is 10.1 Å². The molecule has 0 unspecified atom stereocenters. The molecule has 3 rings (SSSR count). The lowest BCUT2D eigenvalue weighted by Gasteiger charge is -2.14. The van der Waals surface area contributed by atoms with E-state index < -0.39 is 5.97 Å². The maximum Gasteiger partial charge on any atom is 0.356 e. The van der Waals surface area contributed by atoms with E-state index in [-0.39, 0.29) is 18.2 Å². The van der Waals surface area contributed by atoms with Gasteiger partial charge in [0.15, 0.2) is 12.3 Å². The van der Waals surface area contributed by atoms with E-state index in [1.54, 1.807) is 6.07 Å². The molecule has 0 saturated heterocycles. The van der Waals surface area contributed by atoms with Crippen molar-refractivity contribution in [1.82, 2.24) is 4.98 Å². The number of pyridine rings is 1. The number of carbonyl (C=O) groups excluding carboxylic acids is 2. The predicted octanol–water partition coefficient (Wildman–Crippen LogP) is 3.96. The zero-order chi connectivity index (χ0) is 20.3. The van der Waals surface area contributed by atoms with E-state index in [4.69, 9.17) is 9.47 Å². The molecule has 6 heteroatoms. The molecule has 1 N–H and O–H groups in total. The Balaban J connectivity index is 1.81. The first-order valence-corrected chi connectivity index (χ1v) is 8.87. The van der Waals surface area contributed by atoms with Crippen LogP contribution in [0.25, 0.3) is 10.9 Å². The Morgan fingerprint density at radius 2 is 1.71 bits per heavy atom. The average molecular weight is 378 g/mol. The summed E-state index contributed by atoms with van der Waals surface area (Å²) in [5, 5.41) is 3.61. The first kappa shape index (κ1) is 19.4. The van der Waals surface area contributed by atoms with Crippen LogP contribution in [0.4, 0.5) is 5.69 Å². The van der Waals surface area contributed by atoms with Crippen LogP contribution in [0.2, 0.25) is 0 Å². The summed E-state index contributed by atoms with van der Waals surface area (Å²) in [6.07, 6.45) is 0. The highest BCUT2D eigenvalue weighted by Gasteiger charge is 2.15. The van der Waals surface area contributed by atoms with E-state index in [0.29, 0.717) is 16.7 Å². The molecule has 1 amide bonds. The van der Waals surface area contributed by atoms with E-state index in [0.717, 1.165) is 22.4 Å². The number of aryl methyl sites for hydroxylation is 3. The third-order valence-electron chi connectivity index (χ3n) is 4.37. The lowest BCUT2D eigenvalue weighted by Crippen LogP contribution is -2.21. The van der Waals surface area contributed by atoms with Gasteiger partial charge < -0.3 is 14.8 Å². The monoisotopic (exact) mass is 378 g/mol. The molecule has 1 heterocycles. The van der Waals surface area contributed by atoms with E-state index in [2.05, 4.69) is 10.3 Å². The van der Waals surface area contributed by atoms with E-state index in [1.165, 1.54) is 13.2 Å². The number of aromatic nitrogens is 1. The first-order valence-electron chi connectivity index (χ1n) is 8.87. The quantitative estimate of drug-likeness (QED) is 0.680. The van der Waals surface area contributed by atoms with Gasteiger partial charge in [-0.3, -0.25) is 4.79 Å². The fourth-order valence-electron chi connectivity index (χ4n) is 3.17. The van der Waals surface area contributed by atoms with E-state index in [9.17, 15) is 9.59 Å². The Labute approximate surface area is 163 Å². The van der Waals surface area contributed by atoms with Gasteiger partial charge in [0.05, 0.1) is 12.6 Å².